The fourth-order valence-corrected chi connectivity index (χ4v) is 4.30. The molecular weight excluding hydrogens is 431 g/mol. The van der Waals surface area contributed by atoms with E-state index in [2.05, 4.69) is 15.5 Å². The van der Waals surface area contributed by atoms with Gasteiger partial charge in [-0.25, -0.2) is 9.18 Å². The first-order valence-corrected chi connectivity index (χ1v) is 11.4. The molecule has 4 aromatic rings. The van der Waals surface area contributed by atoms with E-state index >= 15 is 0 Å². The van der Waals surface area contributed by atoms with Gasteiger partial charge < -0.3 is 14.6 Å². The number of amides is 2. The van der Waals surface area contributed by atoms with Crippen LogP contribution in [0.5, 0.6) is 0 Å². The van der Waals surface area contributed by atoms with Gasteiger partial charge in [-0.2, -0.15) is 0 Å². The quantitative estimate of drug-likeness (QED) is 0.427. The van der Waals surface area contributed by atoms with Crippen molar-refractivity contribution in [1.29, 1.82) is 0 Å². The van der Waals surface area contributed by atoms with Crippen LogP contribution in [-0.4, -0.2) is 34.2 Å². The van der Waals surface area contributed by atoms with Gasteiger partial charge in [0.15, 0.2) is 0 Å². The second-order valence-electron chi connectivity index (χ2n) is 8.42. The monoisotopic (exact) mass is 456 g/mol. The van der Waals surface area contributed by atoms with Crippen LogP contribution >= 0.6 is 0 Å². The Balaban J connectivity index is 1.23. The van der Waals surface area contributed by atoms with E-state index in [4.69, 9.17) is 4.42 Å². The first-order valence-electron chi connectivity index (χ1n) is 11.4. The fourth-order valence-electron chi connectivity index (χ4n) is 4.30. The second-order valence-corrected chi connectivity index (χ2v) is 8.42. The molecule has 2 amide bonds. The average molecular weight is 457 g/mol. The van der Waals surface area contributed by atoms with Crippen LogP contribution in [0.15, 0.2) is 89.3 Å². The summed E-state index contributed by atoms with van der Waals surface area (Å²) in [6.45, 7) is 1.20. The molecule has 0 radical (unpaired) electrons. The first kappa shape index (κ1) is 21.8. The van der Waals surface area contributed by atoms with Gasteiger partial charge in [-0.15, -0.1) is 10.2 Å². The normalized spacial score (nSPS) is 14.4. The van der Waals surface area contributed by atoms with Crippen LogP contribution in [0, 0.1) is 5.82 Å². The molecule has 172 valence electrons. The van der Waals surface area contributed by atoms with Crippen molar-refractivity contribution >= 4 is 6.03 Å². The molecule has 0 atom stereocenters. The Labute approximate surface area is 197 Å². The molecule has 1 saturated heterocycles. The van der Waals surface area contributed by atoms with Crippen molar-refractivity contribution in [1.82, 2.24) is 20.4 Å². The predicted octanol–water partition coefficient (Wildman–Crippen LogP) is 5.55. The molecule has 0 aliphatic carbocycles. The van der Waals surface area contributed by atoms with E-state index in [1.807, 2.05) is 65.6 Å². The minimum atomic E-state index is -0.309. The lowest BCUT2D eigenvalue weighted by Crippen LogP contribution is -2.45. The third-order valence-corrected chi connectivity index (χ3v) is 6.20. The van der Waals surface area contributed by atoms with Gasteiger partial charge >= 0.3 is 6.03 Å². The third kappa shape index (κ3) is 4.83. The van der Waals surface area contributed by atoms with Crippen LogP contribution in [-0.2, 0) is 0 Å². The topological polar surface area (TPSA) is 71.3 Å². The summed E-state index contributed by atoms with van der Waals surface area (Å²) in [5.74, 6) is 0.718. The molecule has 1 aliphatic rings. The lowest BCUT2D eigenvalue weighted by atomic mass is 9.96. The Morgan fingerprint density at radius 1 is 0.882 bits per heavy atom. The Morgan fingerprint density at radius 3 is 2.06 bits per heavy atom. The highest BCUT2D eigenvalue weighted by Crippen LogP contribution is 2.30. The van der Waals surface area contributed by atoms with Crippen molar-refractivity contribution in [3.8, 4) is 11.5 Å². The maximum absolute atomic E-state index is 13.2. The molecule has 0 unspecified atom stereocenters. The van der Waals surface area contributed by atoms with Gasteiger partial charge in [-0.1, -0.05) is 60.7 Å². The largest absolute Gasteiger partial charge is 0.420 e. The third-order valence-electron chi connectivity index (χ3n) is 6.20. The number of urea groups is 1. The predicted molar refractivity (Wildman–Crippen MR) is 126 cm³/mol. The number of hydrogen-bond acceptors (Lipinski definition) is 4. The zero-order chi connectivity index (χ0) is 23.3. The van der Waals surface area contributed by atoms with Gasteiger partial charge in [0.05, 0.1) is 6.04 Å². The molecule has 1 fully saturated rings. The van der Waals surface area contributed by atoms with Gasteiger partial charge in [-0.3, -0.25) is 0 Å². The second kappa shape index (κ2) is 9.87. The number of benzene rings is 3. The van der Waals surface area contributed by atoms with Crippen molar-refractivity contribution in [2.75, 3.05) is 13.1 Å². The lowest BCUT2D eigenvalue weighted by molar-refractivity contribution is 0.175. The zero-order valence-electron chi connectivity index (χ0n) is 18.6. The maximum Gasteiger partial charge on any atom is 0.318 e. The number of piperidine rings is 1. The summed E-state index contributed by atoms with van der Waals surface area (Å²) in [6.07, 6.45) is 1.47. The number of nitrogens with one attached hydrogen (secondary N) is 1. The number of rotatable bonds is 5. The fraction of sp³-hybridized carbons (Fsp3) is 0.222. The highest BCUT2D eigenvalue weighted by atomic mass is 19.1. The Bertz CT molecular complexity index is 1180. The number of carbonyl (C=O) groups excluding carboxylic acids is 1. The summed E-state index contributed by atoms with van der Waals surface area (Å²) in [7, 11) is 0. The molecule has 7 heteroatoms. The molecule has 1 aromatic heterocycles. The smallest absolute Gasteiger partial charge is 0.318 e. The van der Waals surface area contributed by atoms with Crippen LogP contribution in [0.4, 0.5) is 9.18 Å². The highest BCUT2D eigenvalue weighted by molar-refractivity contribution is 5.75. The van der Waals surface area contributed by atoms with Gasteiger partial charge in [0.2, 0.25) is 11.8 Å². The van der Waals surface area contributed by atoms with E-state index in [0.29, 0.717) is 30.4 Å². The van der Waals surface area contributed by atoms with E-state index in [9.17, 15) is 9.18 Å². The van der Waals surface area contributed by atoms with Crippen molar-refractivity contribution < 1.29 is 13.6 Å². The van der Waals surface area contributed by atoms with Crippen LogP contribution in [0.1, 0.15) is 41.8 Å². The molecule has 2 heterocycles. The van der Waals surface area contributed by atoms with Crippen molar-refractivity contribution in [2.24, 2.45) is 0 Å². The summed E-state index contributed by atoms with van der Waals surface area (Å²) in [5.41, 5.74) is 2.76. The average Bonchev–Trinajstić information content (AvgIpc) is 3.39. The first-order chi connectivity index (χ1) is 16.7. The molecular formula is C27H25FN4O2. The van der Waals surface area contributed by atoms with Crippen molar-refractivity contribution in [3.63, 3.8) is 0 Å². The van der Waals surface area contributed by atoms with E-state index in [-0.39, 0.29) is 23.8 Å². The molecule has 34 heavy (non-hydrogen) atoms. The van der Waals surface area contributed by atoms with Crippen LogP contribution in [0.2, 0.25) is 0 Å². The van der Waals surface area contributed by atoms with Gasteiger partial charge in [-0.05, 0) is 48.2 Å². The number of carbonyl (C=O) groups is 1. The number of hydrogen-bond donors (Lipinski definition) is 1. The summed E-state index contributed by atoms with van der Waals surface area (Å²) < 4.78 is 19.0. The van der Waals surface area contributed by atoms with Crippen LogP contribution in [0.25, 0.3) is 11.5 Å². The number of nitrogens with zero attached hydrogens (tertiary/aromatic N) is 3. The number of likely N-dealkylation sites (tertiary alicyclic amines) is 1. The summed E-state index contributed by atoms with van der Waals surface area (Å²) in [4.78, 5) is 15.0. The number of aromatic nitrogens is 2. The molecule has 3 aromatic carbocycles. The lowest BCUT2D eigenvalue weighted by Gasteiger charge is -2.32. The minimum absolute atomic E-state index is 0.0878. The molecule has 6 nitrogen and oxygen atoms in total. The summed E-state index contributed by atoms with van der Waals surface area (Å²) in [5, 5.41) is 11.5. The molecule has 0 bridgehead atoms. The summed E-state index contributed by atoms with van der Waals surface area (Å²) >= 11 is 0. The molecule has 0 saturated carbocycles. The van der Waals surface area contributed by atoms with Crippen LogP contribution < -0.4 is 5.32 Å². The molecule has 0 spiro atoms. The van der Waals surface area contributed by atoms with Crippen molar-refractivity contribution in [3.05, 3.63) is 108 Å². The summed E-state index contributed by atoms with van der Waals surface area (Å²) in [6, 6.07) is 25.6. The minimum Gasteiger partial charge on any atom is -0.420 e. The van der Waals surface area contributed by atoms with E-state index in [0.717, 1.165) is 24.0 Å². The number of halogens is 1. The van der Waals surface area contributed by atoms with Crippen molar-refractivity contribution in [2.45, 2.75) is 24.8 Å². The van der Waals surface area contributed by atoms with Gasteiger partial charge in [0, 0.05) is 24.6 Å². The molecule has 1 aliphatic heterocycles. The Hall–Kier alpha value is -4.00. The highest BCUT2D eigenvalue weighted by Gasteiger charge is 2.29. The molecule has 1 N–H and O–H groups in total. The zero-order valence-corrected chi connectivity index (χ0v) is 18.6. The molecule has 5 rings (SSSR count). The Kier molecular flexibility index (Phi) is 6.33. The van der Waals surface area contributed by atoms with Crippen LogP contribution in [0.3, 0.4) is 0 Å². The Morgan fingerprint density at radius 2 is 1.47 bits per heavy atom. The standard InChI is InChI=1S/C27H25FN4O2/c28-23-13-11-21(12-14-23)25-30-31-26(34-25)22-15-17-32(18-16-22)27(33)29-24(19-7-3-1-4-8-19)20-9-5-2-6-10-20/h1-14,22,24H,15-18H2,(H,29,33). The maximum atomic E-state index is 13.2. The SMILES string of the molecule is O=C(NC(c1ccccc1)c1ccccc1)N1CCC(c2nnc(-c3ccc(F)cc3)o2)CC1. The van der Waals surface area contributed by atoms with Gasteiger partial charge in [0.1, 0.15) is 5.82 Å². The van der Waals surface area contributed by atoms with E-state index in [1.165, 1.54) is 12.1 Å². The van der Waals surface area contributed by atoms with Gasteiger partial charge in [0.25, 0.3) is 0 Å². The van der Waals surface area contributed by atoms with E-state index < -0.39 is 0 Å². The van der Waals surface area contributed by atoms with E-state index in [1.54, 1.807) is 12.1 Å².